The van der Waals surface area contributed by atoms with Gasteiger partial charge in [-0.3, -0.25) is 4.90 Å². The van der Waals surface area contributed by atoms with Crippen molar-refractivity contribution in [3.63, 3.8) is 0 Å². The summed E-state index contributed by atoms with van der Waals surface area (Å²) >= 11 is 1.86. The number of rotatable bonds is 4. The molecule has 106 valence electrons. The van der Waals surface area contributed by atoms with E-state index in [1.807, 2.05) is 17.8 Å². The first-order chi connectivity index (χ1) is 9.06. The minimum atomic E-state index is 0.332. The molecular weight excluding hydrogens is 256 g/mol. The Kier molecular flexibility index (Phi) is 5.13. The SMILES string of the molecule is Cc1cc(SCC2CN(C(C)C)CCO2)ccc1N. The van der Waals surface area contributed by atoms with Crippen LogP contribution in [0.1, 0.15) is 19.4 Å². The lowest BCUT2D eigenvalue weighted by molar-refractivity contribution is -0.0265. The summed E-state index contributed by atoms with van der Waals surface area (Å²) in [6, 6.07) is 6.84. The Morgan fingerprint density at radius 1 is 1.47 bits per heavy atom. The average Bonchev–Trinajstić information content (AvgIpc) is 2.40. The molecule has 1 aliphatic rings. The van der Waals surface area contributed by atoms with Gasteiger partial charge in [-0.05, 0) is 44.5 Å². The molecule has 1 atom stereocenters. The number of hydrogen-bond acceptors (Lipinski definition) is 4. The molecular formula is C15H24N2OS. The molecule has 4 heteroatoms. The van der Waals surface area contributed by atoms with Crippen LogP contribution in [-0.4, -0.2) is 42.5 Å². The van der Waals surface area contributed by atoms with Crippen LogP contribution in [0.3, 0.4) is 0 Å². The van der Waals surface area contributed by atoms with Gasteiger partial charge in [0.15, 0.2) is 0 Å². The number of anilines is 1. The Balaban J connectivity index is 1.86. The van der Waals surface area contributed by atoms with E-state index in [0.717, 1.165) is 36.7 Å². The largest absolute Gasteiger partial charge is 0.399 e. The summed E-state index contributed by atoms with van der Waals surface area (Å²) in [5, 5.41) is 0. The van der Waals surface area contributed by atoms with Crippen LogP contribution in [0.4, 0.5) is 5.69 Å². The highest BCUT2D eigenvalue weighted by Crippen LogP contribution is 2.24. The van der Waals surface area contributed by atoms with Gasteiger partial charge in [0.1, 0.15) is 0 Å². The van der Waals surface area contributed by atoms with Gasteiger partial charge in [0, 0.05) is 35.5 Å². The topological polar surface area (TPSA) is 38.5 Å². The fourth-order valence-corrected chi connectivity index (χ4v) is 3.24. The Morgan fingerprint density at radius 2 is 2.26 bits per heavy atom. The second-order valence-corrected chi connectivity index (χ2v) is 6.50. The zero-order valence-corrected chi connectivity index (χ0v) is 12.9. The number of thioether (sulfide) groups is 1. The number of nitrogen functional groups attached to an aromatic ring is 1. The first-order valence-electron chi connectivity index (χ1n) is 6.91. The third kappa shape index (κ3) is 4.13. The van der Waals surface area contributed by atoms with Crippen molar-refractivity contribution in [2.45, 2.75) is 37.8 Å². The molecule has 0 amide bonds. The smallest absolute Gasteiger partial charge is 0.0796 e. The lowest BCUT2D eigenvalue weighted by Gasteiger charge is -2.35. The van der Waals surface area contributed by atoms with Gasteiger partial charge in [-0.1, -0.05) is 0 Å². The molecule has 0 spiro atoms. The summed E-state index contributed by atoms with van der Waals surface area (Å²) in [5.41, 5.74) is 7.85. The Morgan fingerprint density at radius 3 is 2.95 bits per heavy atom. The maximum absolute atomic E-state index is 5.85. The third-order valence-electron chi connectivity index (χ3n) is 3.58. The van der Waals surface area contributed by atoms with Gasteiger partial charge < -0.3 is 10.5 Å². The van der Waals surface area contributed by atoms with E-state index < -0.39 is 0 Å². The highest BCUT2D eigenvalue weighted by atomic mass is 32.2. The number of hydrogen-bond donors (Lipinski definition) is 1. The van der Waals surface area contributed by atoms with Crippen LogP contribution < -0.4 is 5.73 Å². The number of nitrogens with two attached hydrogens (primary N) is 1. The fourth-order valence-electron chi connectivity index (χ4n) is 2.24. The Labute approximate surface area is 120 Å². The van der Waals surface area contributed by atoms with Gasteiger partial charge in [-0.15, -0.1) is 11.8 Å². The van der Waals surface area contributed by atoms with Gasteiger partial charge in [0.2, 0.25) is 0 Å². The molecule has 2 N–H and O–H groups in total. The zero-order valence-electron chi connectivity index (χ0n) is 12.1. The first kappa shape index (κ1) is 14.7. The molecule has 0 aliphatic carbocycles. The second-order valence-electron chi connectivity index (χ2n) is 5.41. The predicted octanol–water partition coefficient (Wildman–Crippen LogP) is 2.78. The predicted molar refractivity (Wildman–Crippen MR) is 82.8 cm³/mol. The lowest BCUT2D eigenvalue weighted by Crippen LogP contribution is -2.46. The van der Waals surface area contributed by atoms with Crippen LogP contribution in [-0.2, 0) is 4.74 Å². The molecule has 1 heterocycles. The van der Waals surface area contributed by atoms with Crippen LogP contribution in [0.5, 0.6) is 0 Å². The molecule has 0 radical (unpaired) electrons. The van der Waals surface area contributed by atoms with Crippen LogP contribution in [0.2, 0.25) is 0 Å². The lowest BCUT2D eigenvalue weighted by atomic mass is 10.2. The number of nitrogens with zero attached hydrogens (tertiary/aromatic N) is 1. The molecule has 0 aromatic heterocycles. The quantitative estimate of drug-likeness (QED) is 0.680. The highest BCUT2D eigenvalue weighted by Gasteiger charge is 2.22. The summed E-state index contributed by atoms with van der Waals surface area (Å²) < 4.78 is 5.85. The normalized spacial score (nSPS) is 20.9. The first-order valence-corrected chi connectivity index (χ1v) is 7.89. The molecule has 1 fully saturated rings. The van der Waals surface area contributed by atoms with Crippen molar-refractivity contribution in [3.8, 4) is 0 Å². The molecule has 1 aliphatic heterocycles. The van der Waals surface area contributed by atoms with Crippen LogP contribution in [0, 0.1) is 6.92 Å². The van der Waals surface area contributed by atoms with Gasteiger partial charge in [-0.2, -0.15) is 0 Å². The molecule has 1 aromatic rings. The van der Waals surface area contributed by atoms with Crippen molar-refractivity contribution in [3.05, 3.63) is 23.8 Å². The zero-order chi connectivity index (χ0) is 13.8. The average molecular weight is 280 g/mol. The molecule has 3 nitrogen and oxygen atoms in total. The number of ether oxygens (including phenoxy) is 1. The maximum Gasteiger partial charge on any atom is 0.0796 e. The van der Waals surface area contributed by atoms with Crippen molar-refractivity contribution < 1.29 is 4.74 Å². The molecule has 0 bridgehead atoms. The molecule has 1 aromatic carbocycles. The summed E-state index contributed by atoms with van der Waals surface area (Å²) in [4.78, 5) is 3.76. The number of aryl methyl sites for hydroxylation is 1. The molecule has 0 saturated carbocycles. The monoisotopic (exact) mass is 280 g/mol. The highest BCUT2D eigenvalue weighted by molar-refractivity contribution is 7.99. The van der Waals surface area contributed by atoms with Crippen LogP contribution in [0.25, 0.3) is 0 Å². The summed E-state index contributed by atoms with van der Waals surface area (Å²) in [5.74, 6) is 1.01. The van der Waals surface area contributed by atoms with E-state index in [1.54, 1.807) is 0 Å². The van der Waals surface area contributed by atoms with Crippen molar-refractivity contribution in [1.29, 1.82) is 0 Å². The molecule has 2 rings (SSSR count). The second kappa shape index (κ2) is 6.64. The maximum atomic E-state index is 5.85. The Hall–Kier alpha value is -0.710. The Bertz CT molecular complexity index is 423. The minimum Gasteiger partial charge on any atom is -0.399 e. The summed E-state index contributed by atoms with van der Waals surface area (Å²) in [7, 11) is 0. The van der Waals surface area contributed by atoms with Crippen molar-refractivity contribution >= 4 is 17.4 Å². The van der Waals surface area contributed by atoms with Gasteiger partial charge in [0.05, 0.1) is 12.7 Å². The number of morpholine rings is 1. The van der Waals surface area contributed by atoms with Crippen molar-refractivity contribution in [2.24, 2.45) is 0 Å². The molecule has 1 unspecified atom stereocenters. The van der Waals surface area contributed by atoms with E-state index in [0.29, 0.717) is 12.1 Å². The third-order valence-corrected chi connectivity index (χ3v) is 4.70. The van der Waals surface area contributed by atoms with Gasteiger partial charge in [-0.25, -0.2) is 0 Å². The van der Waals surface area contributed by atoms with E-state index in [9.17, 15) is 0 Å². The fraction of sp³-hybridized carbons (Fsp3) is 0.600. The van der Waals surface area contributed by atoms with Crippen LogP contribution in [0.15, 0.2) is 23.1 Å². The molecule has 1 saturated heterocycles. The van der Waals surface area contributed by atoms with Gasteiger partial charge >= 0.3 is 0 Å². The summed E-state index contributed by atoms with van der Waals surface area (Å²) in [6.45, 7) is 9.50. The minimum absolute atomic E-state index is 0.332. The van der Waals surface area contributed by atoms with E-state index in [2.05, 4.69) is 37.8 Å². The van der Waals surface area contributed by atoms with Gasteiger partial charge in [0.25, 0.3) is 0 Å². The van der Waals surface area contributed by atoms with E-state index in [1.165, 1.54) is 4.90 Å². The summed E-state index contributed by atoms with van der Waals surface area (Å²) in [6.07, 6.45) is 0.332. The van der Waals surface area contributed by atoms with Crippen LogP contribution >= 0.6 is 11.8 Å². The van der Waals surface area contributed by atoms with Crippen molar-refractivity contribution in [2.75, 3.05) is 31.2 Å². The van der Waals surface area contributed by atoms with E-state index in [-0.39, 0.29) is 0 Å². The van der Waals surface area contributed by atoms with E-state index >= 15 is 0 Å². The van der Waals surface area contributed by atoms with Crippen molar-refractivity contribution in [1.82, 2.24) is 4.90 Å². The van der Waals surface area contributed by atoms with E-state index in [4.69, 9.17) is 10.5 Å². The standard InChI is InChI=1S/C15H24N2OS/c1-11(2)17-6-7-18-13(9-17)10-19-14-4-5-15(16)12(3)8-14/h4-5,8,11,13H,6-7,9-10,16H2,1-3H3. The molecule has 19 heavy (non-hydrogen) atoms. The number of benzene rings is 1.